The molecule has 0 aliphatic rings. The summed E-state index contributed by atoms with van der Waals surface area (Å²) < 4.78 is 0. The minimum Gasteiger partial charge on any atom is -0.301 e. The number of aromatic nitrogens is 2. The third kappa shape index (κ3) is 3.37. The van der Waals surface area contributed by atoms with E-state index in [2.05, 4.69) is 4.98 Å². The molecule has 23 heavy (non-hydrogen) atoms. The summed E-state index contributed by atoms with van der Waals surface area (Å²) in [6, 6.07) is 4.37. The third-order valence-corrected chi connectivity index (χ3v) is 3.00. The van der Waals surface area contributed by atoms with E-state index >= 15 is 0 Å². The number of nitro groups is 2. The van der Waals surface area contributed by atoms with E-state index in [1.165, 1.54) is 18.2 Å². The predicted octanol–water partition coefficient (Wildman–Crippen LogP) is 1.36. The number of nitro benzene ring substituents is 1. The number of benzene rings is 1. The summed E-state index contributed by atoms with van der Waals surface area (Å²) in [5.74, 6) is 0. The summed E-state index contributed by atoms with van der Waals surface area (Å²) in [5, 5.41) is 21.8. The fourth-order valence-electron chi connectivity index (χ4n) is 1.91. The molecule has 2 N–H and O–H groups in total. The van der Waals surface area contributed by atoms with Crippen LogP contribution in [-0.4, -0.2) is 19.8 Å². The molecule has 10 nitrogen and oxygen atoms in total. The van der Waals surface area contributed by atoms with Gasteiger partial charge in [-0.3, -0.25) is 30.0 Å². The molecular formula is C13H10N4O6. The van der Waals surface area contributed by atoms with E-state index in [1.54, 1.807) is 18.0 Å². The molecule has 2 aromatic rings. The van der Waals surface area contributed by atoms with Gasteiger partial charge in [0.2, 0.25) is 0 Å². The zero-order valence-electron chi connectivity index (χ0n) is 11.7. The molecule has 10 heteroatoms. The normalized spacial score (nSPS) is 10.8. The van der Waals surface area contributed by atoms with Crippen molar-refractivity contribution in [1.82, 2.24) is 9.97 Å². The maximum Gasteiger partial charge on any atom is 0.357 e. The molecule has 0 atom stereocenters. The van der Waals surface area contributed by atoms with E-state index in [0.29, 0.717) is 11.1 Å². The second-order valence-corrected chi connectivity index (χ2v) is 4.56. The summed E-state index contributed by atoms with van der Waals surface area (Å²) in [5.41, 5.74) is -2.40. The molecular weight excluding hydrogens is 308 g/mol. The van der Waals surface area contributed by atoms with Gasteiger partial charge in [-0.1, -0.05) is 18.2 Å². The van der Waals surface area contributed by atoms with E-state index in [4.69, 9.17) is 0 Å². The Morgan fingerprint density at radius 1 is 1.04 bits per heavy atom. The molecule has 0 aliphatic carbocycles. The maximum atomic E-state index is 11.5. The zero-order valence-corrected chi connectivity index (χ0v) is 11.7. The van der Waals surface area contributed by atoms with Crippen molar-refractivity contribution in [3.8, 4) is 0 Å². The van der Waals surface area contributed by atoms with Gasteiger partial charge in [-0.25, -0.2) is 4.79 Å². The number of hydrogen-bond acceptors (Lipinski definition) is 6. The second kappa shape index (κ2) is 6.05. The topological polar surface area (TPSA) is 152 Å². The fourth-order valence-corrected chi connectivity index (χ4v) is 1.91. The predicted molar refractivity (Wildman–Crippen MR) is 81.1 cm³/mol. The lowest BCUT2D eigenvalue weighted by Gasteiger charge is -1.99. The van der Waals surface area contributed by atoms with Gasteiger partial charge in [0.15, 0.2) is 0 Å². The highest BCUT2D eigenvalue weighted by Gasteiger charge is 2.18. The Bertz CT molecular complexity index is 940. The van der Waals surface area contributed by atoms with E-state index in [0.717, 1.165) is 6.08 Å². The summed E-state index contributed by atoms with van der Waals surface area (Å²) in [6.07, 6.45) is 2.47. The monoisotopic (exact) mass is 318 g/mol. The van der Waals surface area contributed by atoms with E-state index in [-0.39, 0.29) is 11.4 Å². The van der Waals surface area contributed by atoms with Crippen molar-refractivity contribution >= 4 is 23.5 Å². The van der Waals surface area contributed by atoms with Crippen LogP contribution >= 0.6 is 0 Å². The Morgan fingerprint density at radius 2 is 1.74 bits per heavy atom. The van der Waals surface area contributed by atoms with Crippen molar-refractivity contribution in [3.63, 3.8) is 0 Å². The van der Waals surface area contributed by atoms with Crippen LogP contribution in [0.25, 0.3) is 12.2 Å². The lowest BCUT2D eigenvalue weighted by atomic mass is 10.1. The van der Waals surface area contributed by atoms with Crippen LogP contribution < -0.4 is 11.2 Å². The molecule has 1 heterocycles. The molecule has 0 saturated heterocycles. The first kappa shape index (κ1) is 15.8. The van der Waals surface area contributed by atoms with Crippen molar-refractivity contribution in [2.24, 2.45) is 0 Å². The van der Waals surface area contributed by atoms with Crippen LogP contribution in [0.1, 0.15) is 16.8 Å². The highest BCUT2D eigenvalue weighted by Crippen LogP contribution is 2.21. The Morgan fingerprint density at radius 3 is 2.35 bits per heavy atom. The minimum atomic E-state index is -1.13. The smallest absolute Gasteiger partial charge is 0.301 e. The van der Waals surface area contributed by atoms with Crippen LogP contribution in [-0.2, 0) is 0 Å². The zero-order chi connectivity index (χ0) is 17.1. The van der Waals surface area contributed by atoms with E-state index in [1.807, 2.05) is 0 Å². The van der Waals surface area contributed by atoms with Crippen LogP contribution in [0.2, 0.25) is 0 Å². The van der Waals surface area contributed by atoms with Crippen molar-refractivity contribution in [1.29, 1.82) is 0 Å². The van der Waals surface area contributed by atoms with Crippen molar-refractivity contribution in [2.45, 2.75) is 6.92 Å². The minimum absolute atomic E-state index is 0.110. The number of aryl methyl sites for hydroxylation is 1. The molecule has 1 aromatic heterocycles. The first-order chi connectivity index (χ1) is 10.8. The van der Waals surface area contributed by atoms with Gasteiger partial charge in [-0.05, 0) is 18.6 Å². The first-order valence-electron chi connectivity index (χ1n) is 6.23. The van der Waals surface area contributed by atoms with Crippen LogP contribution in [0.4, 0.5) is 11.4 Å². The molecule has 1 aromatic carbocycles. The number of rotatable bonds is 4. The molecule has 0 fully saturated rings. The Balaban J connectivity index is 2.51. The molecule has 0 spiro atoms. The number of aromatic amines is 2. The highest BCUT2D eigenvalue weighted by molar-refractivity contribution is 5.72. The van der Waals surface area contributed by atoms with E-state index < -0.39 is 26.8 Å². The van der Waals surface area contributed by atoms with Gasteiger partial charge in [0.05, 0.1) is 9.85 Å². The maximum absolute atomic E-state index is 11.5. The second-order valence-electron chi connectivity index (χ2n) is 4.56. The van der Waals surface area contributed by atoms with Crippen LogP contribution in [0.5, 0.6) is 0 Å². The van der Waals surface area contributed by atoms with Crippen molar-refractivity contribution in [2.75, 3.05) is 0 Å². The van der Waals surface area contributed by atoms with Crippen LogP contribution in [0, 0.1) is 27.2 Å². The number of H-pyrrole nitrogens is 2. The van der Waals surface area contributed by atoms with Crippen molar-refractivity contribution < 1.29 is 9.85 Å². The van der Waals surface area contributed by atoms with Gasteiger partial charge in [0.25, 0.3) is 5.69 Å². The van der Waals surface area contributed by atoms with Gasteiger partial charge in [0.1, 0.15) is 5.69 Å². The van der Waals surface area contributed by atoms with Gasteiger partial charge in [-0.15, -0.1) is 0 Å². The third-order valence-electron chi connectivity index (χ3n) is 3.00. The number of nitrogens with one attached hydrogen (secondary N) is 2. The molecule has 0 amide bonds. The Hall–Kier alpha value is -3.56. The summed E-state index contributed by atoms with van der Waals surface area (Å²) >= 11 is 0. The average molecular weight is 318 g/mol. The van der Waals surface area contributed by atoms with Crippen LogP contribution in [0.3, 0.4) is 0 Å². The lowest BCUT2D eigenvalue weighted by molar-refractivity contribution is -0.386. The molecule has 0 radical (unpaired) electrons. The molecule has 0 aliphatic heterocycles. The largest absolute Gasteiger partial charge is 0.357 e. The Kier molecular flexibility index (Phi) is 4.16. The standard InChI is InChI=1S/C13H10N4O6/c1-7-2-3-8(6-10(7)16(20)21)4-5-9-11(17(22)23)12(18)15-13(19)14-9/h2-6H,1H3,(H2,14,15,18,19). The van der Waals surface area contributed by atoms with Gasteiger partial charge >= 0.3 is 16.9 Å². The highest BCUT2D eigenvalue weighted by atomic mass is 16.6. The molecule has 2 rings (SSSR count). The summed E-state index contributed by atoms with van der Waals surface area (Å²) in [7, 11) is 0. The molecule has 0 saturated carbocycles. The van der Waals surface area contributed by atoms with E-state index in [9.17, 15) is 29.8 Å². The first-order valence-corrected chi connectivity index (χ1v) is 6.23. The number of nitrogens with zero attached hydrogens (tertiary/aromatic N) is 2. The SMILES string of the molecule is Cc1ccc(C=Cc2[nH]c(=O)[nH]c(=O)c2[N+](=O)[O-])cc1[N+](=O)[O-]. The Labute approximate surface area is 127 Å². The summed E-state index contributed by atoms with van der Waals surface area (Å²) in [4.78, 5) is 46.9. The summed E-state index contributed by atoms with van der Waals surface area (Å²) in [6.45, 7) is 1.57. The average Bonchev–Trinajstić information content (AvgIpc) is 2.44. The van der Waals surface area contributed by atoms with Gasteiger partial charge in [-0.2, -0.15) is 0 Å². The molecule has 118 valence electrons. The van der Waals surface area contributed by atoms with Gasteiger partial charge < -0.3 is 4.98 Å². The quantitative estimate of drug-likeness (QED) is 0.641. The molecule has 0 unspecified atom stereocenters. The molecule has 0 bridgehead atoms. The van der Waals surface area contributed by atoms with Gasteiger partial charge in [0, 0.05) is 11.6 Å². The fraction of sp³-hybridized carbons (Fsp3) is 0.0769. The van der Waals surface area contributed by atoms with Crippen LogP contribution in [0.15, 0.2) is 27.8 Å². The number of hydrogen-bond donors (Lipinski definition) is 2. The lowest BCUT2D eigenvalue weighted by Crippen LogP contribution is -2.25. The van der Waals surface area contributed by atoms with Crippen molar-refractivity contribution in [3.05, 3.63) is 76.1 Å².